The minimum absolute atomic E-state index is 0.328. The second kappa shape index (κ2) is 4.51. The maximum absolute atomic E-state index is 10.9. The van der Waals surface area contributed by atoms with Crippen molar-refractivity contribution >= 4 is 11.6 Å². The van der Waals surface area contributed by atoms with Crippen LogP contribution in [0.15, 0.2) is 18.3 Å². The zero-order valence-corrected chi connectivity index (χ0v) is 9.52. The highest BCUT2D eigenvalue weighted by molar-refractivity contribution is 5.90. The van der Waals surface area contributed by atoms with Crippen LogP contribution in [0.3, 0.4) is 0 Å². The zero-order chi connectivity index (χ0) is 11.5. The monoisotopic (exact) mass is 219 g/mol. The average molecular weight is 219 g/mol. The highest BCUT2D eigenvalue weighted by atomic mass is 16.1. The molecule has 86 valence electrons. The summed E-state index contributed by atoms with van der Waals surface area (Å²) in [5.74, 6) is 0.341. The van der Waals surface area contributed by atoms with Crippen LogP contribution in [0.4, 0.5) is 5.69 Å². The van der Waals surface area contributed by atoms with Crippen molar-refractivity contribution in [3.05, 3.63) is 24.0 Å². The Bertz CT molecular complexity index is 366. The van der Waals surface area contributed by atoms with Crippen LogP contribution in [0, 0.1) is 5.92 Å². The number of aromatic nitrogens is 1. The molecule has 1 aliphatic heterocycles. The Morgan fingerprint density at radius 3 is 2.62 bits per heavy atom. The van der Waals surface area contributed by atoms with E-state index in [-0.39, 0.29) is 0 Å². The molecule has 0 radical (unpaired) electrons. The molecule has 0 unspecified atom stereocenters. The zero-order valence-electron chi connectivity index (χ0n) is 9.52. The molecule has 4 heteroatoms. The van der Waals surface area contributed by atoms with E-state index in [4.69, 9.17) is 5.73 Å². The van der Waals surface area contributed by atoms with Gasteiger partial charge in [0.25, 0.3) is 5.91 Å². The first-order valence-electron chi connectivity index (χ1n) is 5.67. The maximum Gasteiger partial charge on any atom is 0.267 e. The van der Waals surface area contributed by atoms with E-state index in [1.54, 1.807) is 12.3 Å². The highest BCUT2D eigenvalue weighted by Crippen LogP contribution is 2.22. The topological polar surface area (TPSA) is 59.2 Å². The molecule has 0 saturated carbocycles. The largest absolute Gasteiger partial charge is 0.370 e. The van der Waals surface area contributed by atoms with Gasteiger partial charge >= 0.3 is 0 Å². The van der Waals surface area contributed by atoms with Gasteiger partial charge in [0.1, 0.15) is 5.69 Å². The van der Waals surface area contributed by atoms with E-state index in [1.807, 2.05) is 6.07 Å². The molecular weight excluding hydrogens is 202 g/mol. The second-order valence-electron chi connectivity index (χ2n) is 4.44. The number of amides is 1. The number of nitrogens with zero attached hydrogens (tertiary/aromatic N) is 2. The molecule has 0 bridgehead atoms. The SMILES string of the molecule is CC1CCN(c2ccc(C(N)=O)nc2)CC1. The first-order valence-corrected chi connectivity index (χ1v) is 5.67. The van der Waals surface area contributed by atoms with Gasteiger partial charge in [0.05, 0.1) is 11.9 Å². The lowest BCUT2D eigenvalue weighted by molar-refractivity contribution is 0.0995. The summed E-state index contributed by atoms with van der Waals surface area (Å²) in [5, 5.41) is 0. The summed E-state index contributed by atoms with van der Waals surface area (Å²) in [7, 11) is 0. The van der Waals surface area contributed by atoms with Gasteiger partial charge in [0.15, 0.2) is 0 Å². The summed E-state index contributed by atoms with van der Waals surface area (Å²) >= 11 is 0. The number of pyridine rings is 1. The molecule has 16 heavy (non-hydrogen) atoms. The first kappa shape index (κ1) is 10.9. The predicted molar refractivity (Wildman–Crippen MR) is 63.4 cm³/mol. The molecule has 2 N–H and O–H groups in total. The number of anilines is 1. The molecule has 1 amide bonds. The minimum atomic E-state index is -0.473. The Hall–Kier alpha value is -1.58. The van der Waals surface area contributed by atoms with Gasteiger partial charge in [-0.1, -0.05) is 6.92 Å². The Balaban J connectivity index is 2.07. The molecule has 1 aromatic rings. The van der Waals surface area contributed by atoms with Gasteiger partial charge in [-0.2, -0.15) is 0 Å². The Morgan fingerprint density at radius 2 is 2.12 bits per heavy atom. The van der Waals surface area contributed by atoms with Crippen LogP contribution >= 0.6 is 0 Å². The number of hydrogen-bond donors (Lipinski definition) is 1. The molecular formula is C12H17N3O. The van der Waals surface area contributed by atoms with Crippen LogP contribution in [0.2, 0.25) is 0 Å². The van der Waals surface area contributed by atoms with Gasteiger partial charge in [0.2, 0.25) is 0 Å². The van der Waals surface area contributed by atoms with Crippen molar-refractivity contribution in [2.24, 2.45) is 11.7 Å². The lowest BCUT2D eigenvalue weighted by atomic mass is 9.99. The van der Waals surface area contributed by atoms with Gasteiger partial charge in [0, 0.05) is 13.1 Å². The van der Waals surface area contributed by atoms with E-state index in [0.29, 0.717) is 5.69 Å². The van der Waals surface area contributed by atoms with Crippen LogP contribution in [0.25, 0.3) is 0 Å². The number of rotatable bonds is 2. The van der Waals surface area contributed by atoms with Gasteiger partial charge < -0.3 is 10.6 Å². The third kappa shape index (κ3) is 2.32. The molecule has 1 saturated heterocycles. The van der Waals surface area contributed by atoms with E-state index >= 15 is 0 Å². The van der Waals surface area contributed by atoms with Crippen LogP contribution < -0.4 is 10.6 Å². The summed E-state index contributed by atoms with van der Waals surface area (Å²) in [6.07, 6.45) is 4.17. The van der Waals surface area contributed by atoms with Crippen LogP contribution in [0.5, 0.6) is 0 Å². The quantitative estimate of drug-likeness (QED) is 0.818. The molecule has 1 aromatic heterocycles. The third-order valence-corrected chi connectivity index (χ3v) is 3.15. The van der Waals surface area contributed by atoms with Crippen molar-refractivity contribution in [2.75, 3.05) is 18.0 Å². The number of carbonyl (C=O) groups excluding carboxylic acids is 1. The first-order chi connectivity index (χ1) is 7.66. The van der Waals surface area contributed by atoms with Crippen molar-refractivity contribution in [2.45, 2.75) is 19.8 Å². The van der Waals surface area contributed by atoms with E-state index < -0.39 is 5.91 Å². The molecule has 1 fully saturated rings. The summed E-state index contributed by atoms with van der Waals surface area (Å²) in [6, 6.07) is 3.61. The number of carbonyl (C=O) groups is 1. The Labute approximate surface area is 95.5 Å². The van der Waals surface area contributed by atoms with E-state index in [2.05, 4.69) is 16.8 Å². The van der Waals surface area contributed by atoms with Gasteiger partial charge in [-0.05, 0) is 30.9 Å². The lowest BCUT2D eigenvalue weighted by Gasteiger charge is -2.31. The van der Waals surface area contributed by atoms with Crippen LogP contribution in [-0.4, -0.2) is 24.0 Å². The smallest absolute Gasteiger partial charge is 0.267 e. The minimum Gasteiger partial charge on any atom is -0.370 e. The van der Waals surface area contributed by atoms with Crippen molar-refractivity contribution in [1.29, 1.82) is 0 Å². The Morgan fingerprint density at radius 1 is 1.44 bits per heavy atom. The van der Waals surface area contributed by atoms with Gasteiger partial charge in [-0.3, -0.25) is 4.79 Å². The number of nitrogens with two attached hydrogens (primary N) is 1. The van der Waals surface area contributed by atoms with Crippen molar-refractivity contribution in [3.8, 4) is 0 Å². The molecule has 4 nitrogen and oxygen atoms in total. The summed E-state index contributed by atoms with van der Waals surface area (Å²) in [4.78, 5) is 17.2. The molecule has 0 atom stereocenters. The molecule has 1 aliphatic rings. The fraction of sp³-hybridized carbons (Fsp3) is 0.500. The van der Waals surface area contributed by atoms with Crippen molar-refractivity contribution in [3.63, 3.8) is 0 Å². The molecule has 2 heterocycles. The molecule has 0 spiro atoms. The molecule has 0 aliphatic carbocycles. The lowest BCUT2D eigenvalue weighted by Crippen LogP contribution is -2.32. The van der Waals surface area contributed by atoms with Gasteiger partial charge in [-0.25, -0.2) is 4.98 Å². The standard InChI is InChI=1S/C12H17N3O/c1-9-4-6-15(7-5-9)10-2-3-11(12(13)16)14-8-10/h2-3,8-9H,4-7H2,1H3,(H2,13,16). The fourth-order valence-electron chi connectivity index (χ4n) is 1.99. The van der Waals surface area contributed by atoms with Crippen LogP contribution in [-0.2, 0) is 0 Å². The van der Waals surface area contributed by atoms with E-state index in [0.717, 1.165) is 24.7 Å². The van der Waals surface area contributed by atoms with E-state index in [1.165, 1.54) is 12.8 Å². The summed E-state index contributed by atoms with van der Waals surface area (Å²) in [6.45, 7) is 4.42. The third-order valence-electron chi connectivity index (χ3n) is 3.15. The maximum atomic E-state index is 10.9. The normalized spacial score (nSPS) is 17.4. The average Bonchev–Trinajstić information content (AvgIpc) is 2.30. The predicted octanol–water partition coefficient (Wildman–Crippen LogP) is 1.42. The summed E-state index contributed by atoms with van der Waals surface area (Å²) < 4.78 is 0. The fourth-order valence-corrected chi connectivity index (χ4v) is 1.99. The van der Waals surface area contributed by atoms with Crippen molar-refractivity contribution < 1.29 is 4.79 Å². The molecule has 2 rings (SSSR count). The number of hydrogen-bond acceptors (Lipinski definition) is 3. The van der Waals surface area contributed by atoms with Gasteiger partial charge in [-0.15, -0.1) is 0 Å². The molecule has 0 aromatic carbocycles. The number of primary amides is 1. The van der Waals surface area contributed by atoms with Crippen molar-refractivity contribution in [1.82, 2.24) is 4.98 Å². The highest BCUT2D eigenvalue weighted by Gasteiger charge is 2.16. The number of piperidine rings is 1. The van der Waals surface area contributed by atoms with Crippen LogP contribution in [0.1, 0.15) is 30.3 Å². The van der Waals surface area contributed by atoms with E-state index in [9.17, 15) is 4.79 Å². The Kier molecular flexibility index (Phi) is 3.08. The second-order valence-corrected chi connectivity index (χ2v) is 4.44. The summed E-state index contributed by atoms with van der Waals surface area (Å²) in [5.41, 5.74) is 6.55.